The molecule has 1 aromatic heterocycles. The third-order valence-corrected chi connectivity index (χ3v) is 3.25. The van der Waals surface area contributed by atoms with Crippen molar-refractivity contribution in [2.75, 3.05) is 5.73 Å². The van der Waals surface area contributed by atoms with E-state index in [2.05, 4.69) is 25.9 Å². The summed E-state index contributed by atoms with van der Waals surface area (Å²) in [7, 11) is 0. The van der Waals surface area contributed by atoms with Gasteiger partial charge in [-0.25, -0.2) is 4.98 Å². The van der Waals surface area contributed by atoms with Crippen molar-refractivity contribution in [2.24, 2.45) is 0 Å². The molecule has 0 aliphatic heterocycles. The van der Waals surface area contributed by atoms with Gasteiger partial charge in [0.2, 0.25) is 5.88 Å². The lowest BCUT2D eigenvalue weighted by Crippen LogP contribution is -2.17. The Bertz CT molecular complexity index is 636. The van der Waals surface area contributed by atoms with Crippen LogP contribution in [-0.4, -0.2) is 9.97 Å². The van der Waals surface area contributed by atoms with Crippen molar-refractivity contribution in [1.82, 2.24) is 9.97 Å². The van der Waals surface area contributed by atoms with Crippen molar-refractivity contribution >= 4 is 21.7 Å². The molecule has 1 heterocycles. The Balaban J connectivity index is 2.39. The molecule has 0 saturated carbocycles. The summed E-state index contributed by atoms with van der Waals surface area (Å²) < 4.78 is 6.80. The van der Waals surface area contributed by atoms with Gasteiger partial charge in [0.05, 0.1) is 0 Å². The molecule has 4 nitrogen and oxygen atoms in total. The number of nitrogens with zero attached hydrogens (tertiary/aromatic N) is 2. The minimum Gasteiger partial charge on any atom is -0.439 e. The zero-order valence-corrected chi connectivity index (χ0v) is 13.7. The standard InChI is InChI=1S/C15H18BrN3O/c1-9-5-6-10(16)7-11(9)20-13-8-12(17)18-14(19-13)15(2,3)4/h5-8H,1-4H3,(H2,17,18,19). The number of ether oxygens (including phenoxy) is 1. The Kier molecular flexibility index (Phi) is 3.99. The van der Waals surface area contributed by atoms with Crippen LogP contribution in [0.5, 0.6) is 11.6 Å². The summed E-state index contributed by atoms with van der Waals surface area (Å²) in [5.41, 5.74) is 6.69. The first-order valence-electron chi connectivity index (χ1n) is 6.35. The van der Waals surface area contributed by atoms with Crippen molar-refractivity contribution in [3.05, 3.63) is 40.1 Å². The van der Waals surface area contributed by atoms with Gasteiger partial charge < -0.3 is 10.5 Å². The summed E-state index contributed by atoms with van der Waals surface area (Å²) in [5, 5.41) is 0. The second kappa shape index (κ2) is 5.40. The first-order valence-corrected chi connectivity index (χ1v) is 7.14. The van der Waals surface area contributed by atoms with E-state index < -0.39 is 0 Å². The highest BCUT2D eigenvalue weighted by Crippen LogP contribution is 2.29. The summed E-state index contributed by atoms with van der Waals surface area (Å²) in [6.07, 6.45) is 0. The maximum Gasteiger partial charge on any atom is 0.224 e. The maximum atomic E-state index is 5.85. The fourth-order valence-electron chi connectivity index (χ4n) is 1.63. The number of aryl methyl sites for hydroxylation is 1. The van der Waals surface area contributed by atoms with E-state index >= 15 is 0 Å². The first-order chi connectivity index (χ1) is 9.25. The number of rotatable bonds is 2. The van der Waals surface area contributed by atoms with Gasteiger partial charge in [-0.05, 0) is 24.6 Å². The van der Waals surface area contributed by atoms with Gasteiger partial charge >= 0.3 is 0 Å². The van der Waals surface area contributed by atoms with Crippen LogP contribution in [0.2, 0.25) is 0 Å². The Hall–Kier alpha value is -1.62. The quantitative estimate of drug-likeness (QED) is 0.892. The SMILES string of the molecule is Cc1ccc(Br)cc1Oc1cc(N)nc(C(C)(C)C)n1. The van der Waals surface area contributed by atoms with Gasteiger partial charge in [0.15, 0.2) is 0 Å². The van der Waals surface area contributed by atoms with Crippen LogP contribution in [0.25, 0.3) is 0 Å². The van der Waals surface area contributed by atoms with Crippen molar-refractivity contribution in [3.63, 3.8) is 0 Å². The average Bonchev–Trinajstić information content (AvgIpc) is 2.32. The first kappa shape index (κ1) is 14.8. The van der Waals surface area contributed by atoms with Crippen molar-refractivity contribution in [2.45, 2.75) is 33.1 Å². The number of nitrogen functional groups attached to an aromatic ring is 1. The fraction of sp³-hybridized carbons (Fsp3) is 0.333. The second-order valence-corrected chi connectivity index (χ2v) is 6.63. The molecular weight excluding hydrogens is 318 g/mol. The van der Waals surface area contributed by atoms with Crippen LogP contribution in [0, 0.1) is 6.92 Å². The number of nitrogens with two attached hydrogens (primary N) is 1. The van der Waals surface area contributed by atoms with Gasteiger partial charge in [-0.3, -0.25) is 0 Å². The third kappa shape index (κ3) is 3.48. The molecule has 0 fully saturated rings. The molecule has 2 aromatic rings. The van der Waals surface area contributed by atoms with E-state index in [0.717, 1.165) is 15.8 Å². The Labute approximate surface area is 127 Å². The molecule has 0 atom stereocenters. The van der Waals surface area contributed by atoms with Gasteiger partial charge in [-0.1, -0.05) is 42.8 Å². The number of aromatic nitrogens is 2. The number of hydrogen-bond donors (Lipinski definition) is 1. The van der Waals surface area contributed by atoms with Gasteiger partial charge in [-0.15, -0.1) is 0 Å². The molecule has 0 spiro atoms. The van der Waals surface area contributed by atoms with Crippen LogP contribution < -0.4 is 10.5 Å². The minimum absolute atomic E-state index is 0.181. The molecule has 0 unspecified atom stereocenters. The van der Waals surface area contributed by atoms with Crippen LogP contribution >= 0.6 is 15.9 Å². The van der Waals surface area contributed by atoms with E-state index in [1.54, 1.807) is 6.07 Å². The molecule has 2 rings (SSSR count). The highest BCUT2D eigenvalue weighted by atomic mass is 79.9. The fourth-order valence-corrected chi connectivity index (χ4v) is 1.97. The molecule has 0 bridgehead atoms. The number of halogens is 1. The van der Waals surface area contributed by atoms with E-state index in [1.165, 1.54) is 0 Å². The van der Waals surface area contributed by atoms with Crippen LogP contribution in [0.4, 0.5) is 5.82 Å². The second-order valence-electron chi connectivity index (χ2n) is 5.72. The monoisotopic (exact) mass is 335 g/mol. The zero-order chi connectivity index (χ0) is 14.9. The predicted molar refractivity (Wildman–Crippen MR) is 84.1 cm³/mol. The molecule has 0 aliphatic rings. The predicted octanol–water partition coefficient (Wildman–Crippen LogP) is 4.22. The minimum atomic E-state index is -0.181. The smallest absolute Gasteiger partial charge is 0.224 e. The highest BCUT2D eigenvalue weighted by Gasteiger charge is 2.19. The molecule has 106 valence electrons. The van der Waals surface area contributed by atoms with E-state index in [9.17, 15) is 0 Å². The van der Waals surface area contributed by atoms with Gasteiger partial charge in [-0.2, -0.15) is 4.98 Å². The Morgan fingerprint density at radius 2 is 1.85 bits per heavy atom. The molecule has 5 heteroatoms. The van der Waals surface area contributed by atoms with Crippen LogP contribution in [0.3, 0.4) is 0 Å². The molecule has 0 radical (unpaired) electrons. The van der Waals surface area contributed by atoms with Crippen LogP contribution in [0.15, 0.2) is 28.7 Å². The van der Waals surface area contributed by atoms with Gasteiger partial charge in [0.1, 0.15) is 17.4 Å². The largest absolute Gasteiger partial charge is 0.439 e. The Morgan fingerprint density at radius 3 is 2.50 bits per heavy atom. The average molecular weight is 336 g/mol. The van der Waals surface area contributed by atoms with E-state index in [0.29, 0.717) is 17.5 Å². The van der Waals surface area contributed by atoms with Gasteiger partial charge in [0.25, 0.3) is 0 Å². The molecule has 0 saturated heterocycles. The van der Waals surface area contributed by atoms with Crippen molar-refractivity contribution < 1.29 is 4.74 Å². The molecule has 20 heavy (non-hydrogen) atoms. The van der Waals surface area contributed by atoms with E-state index in [-0.39, 0.29) is 5.41 Å². The summed E-state index contributed by atoms with van der Waals surface area (Å²) in [4.78, 5) is 8.71. The summed E-state index contributed by atoms with van der Waals surface area (Å²) >= 11 is 3.43. The summed E-state index contributed by atoms with van der Waals surface area (Å²) in [6.45, 7) is 8.10. The molecule has 2 N–H and O–H groups in total. The highest BCUT2D eigenvalue weighted by molar-refractivity contribution is 9.10. The molecular formula is C15H18BrN3O. The Morgan fingerprint density at radius 1 is 1.15 bits per heavy atom. The summed E-state index contributed by atoms with van der Waals surface area (Å²) in [6, 6.07) is 7.49. The van der Waals surface area contributed by atoms with Crippen LogP contribution in [0.1, 0.15) is 32.2 Å². The van der Waals surface area contributed by atoms with Crippen molar-refractivity contribution in [1.29, 1.82) is 0 Å². The lowest BCUT2D eigenvalue weighted by molar-refractivity contribution is 0.443. The summed E-state index contributed by atoms with van der Waals surface area (Å²) in [5.74, 6) is 2.29. The zero-order valence-electron chi connectivity index (χ0n) is 12.1. The third-order valence-electron chi connectivity index (χ3n) is 2.76. The van der Waals surface area contributed by atoms with E-state index in [1.807, 2.05) is 45.9 Å². The topological polar surface area (TPSA) is 61.0 Å². The van der Waals surface area contributed by atoms with Crippen LogP contribution in [-0.2, 0) is 5.41 Å². The molecule has 1 aromatic carbocycles. The molecule has 0 amide bonds. The van der Waals surface area contributed by atoms with E-state index in [4.69, 9.17) is 10.5 Å². The maximum absolute atomic E-state index is 5.85. The van der Waals surface area contributed by atoms with Gasteiger partial charge in [0, 0.05) is 16.0 Å². The number of hydrogen-bond acceptors (Lipinski definition) is 4. The van der Waals surface area contributed by atoms with Crippen molar-refractivity contribution in [3.8, 4) is 11.6 Å². The lowest BCUT2D eigenvalue weighted by atomic mass is 9.96. The number of benzene rings is 1. The molecule has 0 aliphatic carbocycles. The normalized spacial score (nSPS) is 11.4. The lowest BCUT2D eigenvalue weighted by Gasteiger charge is -2.18. The number of anilines is 1.